The molecule has 3 nitrogen and oxygen atoms in total. The van der Waals surface area contributed by atoms with Gasteiger partial charge in [-0.2, -0.15) is 11.8 Å². The summed E-state index contributed by atoms with van der Waals surface area (Å²) in [7, 11) is 0. The minimum Gasteiger partial charge on any atom is -0.391 e. The lowest BCUT2D eigenvalue weighted by Gasteiger charge is -2.25. The van der Waals surface area contributed by atoms with E-state index in [1.165, 1.54) is 11.5 Å². The van der Waals surface area contributed by atoms with Crippen LogP contribution >= 0.6 is 23.1 Å². The van der Waals surface area contributed by atoms with E-state index in [0.29, 0.717) is 5.92 Å². The smallest absolute Gasteiger partial charge is 0.185 e. The van der Waals surface area contributed by atoms with E-state index < -0.39 is 0 Å². The minimum atomic E-state index is 0.125. The molecular formula is C12H20N2OS2. The quantitative estimate of drug-likeness (QED) is 0.914. The highest BCUT2D eigenvalue weighted by molar-refractivity contribution is 7.99. The largest absolute Gasteiger partial charge is 0.391 e. The summed E-state index contributed by atoms with van der Waals surface area (Å²) in [6.07, 6.45) is 1.08. The van der Waals surface area contributed by atoms with Gasteiger partial charge in [-0.1, -0.05) is 25.2 Å². The van der Waals surface area contributed by atoms with Gasteiger partial charge >= 0.3 is 0 Å². The van der Waals surface area contributed by atoms with E-state index in [1.54, 1.807) is 11.3 Å². The highest BCUT2D eigenvalue weighted by Crippen LogP contribution is 2.33. The van der Waals surface area contributed by atoms with E-state index in [9.17, 15) is 5.11 Å². The van der Waals surface area contributed by atoms with Gasteiger partial charge in [0.05, 0.1) is 17.2 Å². The van der Waals surface area contributed by atoms with Crippen LogP contribution in [0.15, 0.2) is 0 Å². The molecule has 0 saturated carbocycles. The van der Waals surface area contributed by atoms with Gasteiger partial charge < -0.3 is 10.0 Å². The van der Waals surface area contributed by atoms with Crippen LogP contribution in [-0.4, -0.2) is 34.7 Å². The molecule has 1 N–H and O–H groups in total. The number of nitrogens with zero attached hydrogens (tertiary/aromatic N) is 2. The number of rotatable bonds is 4. The van der Waals surface area contributed by atoms with Crippen LogP contribution in [0.1, 0.15) is 36.8 Å². The first-order valence-corrected chi connectivity index (χ1v) is 8.16. The Hall–Kier alpha value is -0.260. The molecule has 0 radical (unpaired) electrons. The summed E-state index contributed by atoms with van der Waals surface area (Å²) in [5.41, 5.74) is 1.10. The molecule has 1 saturated heterocycles. The fraction of sp³-hybridized carbons (Fsp3) is 0.750. The molecule has 1 aliphatic rings. The number of hydrogen-bond acceptors (Lipinski definition) is 5. The predicted molar refractivity (Wildman–Crippen MR) is 76.3 cm³/mol. The van der Waals surface area contributed by atoms with E-state index in [-0.39, 0.29) is 6.61 Å². The second-order valence-electron chi connectivity index (χ2n) is 4.37. The van der Waals surface area contributed by atoms with Crippen molar-refractivity contribution in [1.29, 1.82) is 0 Å². The van der Waals surface area contributed by atoms with Crippen LogP contribution in [0.2, 0.25) is 0 Å². The minimum absolute atomic E-state index is 0.125. The van der Waals surface area contributed by atoms with Gasteiger partial charge in [-0.15, -0.1) is 0 Å². The Morgan fingerprint density at radius 2 is 2.12 bits per heavy atom. The van der Waals surface area contributed by atoms with E-state index in [2.05, 4.69) is 18.7 Å². The number of thioether (sulfide) groups is 1. The summed E-state index contributed by atoms with van der Waals surface area (Å²) >= 11 is 3.67. The maximum atomic E-state index is 9.42. The zero-order valence-electron chi connectivity index (χ0n) is 10.5. The molecular weight excluding hydrogens is 252 g/mol. The first-order valence-electron chi connectivity index (χ1n) is 6.19. The van der Waals surface area contributed by atoms with Gasteiger partial charge in [0, 0.05) is 24.6 Å². The van der Waals surface area contributed by atoms with Crippen molar-refractivity contribution in [2.75, 3.05) is 29.5 Å². The number of thiazole rings is 1. The molecule has 0 bridgehead atoms. The van der Waals surface area contributed by atoms with E-state index >= 15 is 0 Å². The average molecular weight is 272 g/mol. The molecule has 5 heteroatoms. The molecule has 1 fully saturated rings. The number of anilines is 1. The second-order valence-corrected chi connectivity index (χ2v) is 6.66. The monoisotopic (exact) mass is 272 g/mol. The van der Waals surface area contributed by atoms with Crippen molar-refractivity contribution in [2.24, 2.45) is 0 Å². The summed E-state index contributed by atoms with van der Waals surface area (Å²) in [4.78, 5) is 8.15. The molecule has 2 heterocycles. The molecule has 0 aromatic carbocycles. The summed E-state index contributed by atoms with van der Waals surface area (Å²) < 4.78 is 0. The van der Waals surface area contributed by atoms with E-state index in [1.807, 2.05) is 11.8 Å². The first kappa shape index (κ1) is 13.2. The standard InChI is InChI=1S/C12H20N2OS2/c1-3-9(2)11-10(8-15)17-12(13-11)14-4-6-16-7-5-14/h9,15H,3-8H2,1-2H3. The fourth-order valence-corrected chi connectivity index (χ4v) is 3.93. The Labute approximate surface area is 111 Å². The summed E-state index contributed by atoms with van der Waals surface area (Å²) in [6, 6.07) is 0. The molecule has 2 rings (SSSR count). The number of hydrogen-bond donors (Lipinski definition) is 1. The van der Waals surface area contributed by atoms with Crippen LogP contribution in [-0.2, 0) is 6.61 Å². The summed E-state index contributed by atoms with van der Waals surface area (Å²) in [5, 5.41) is 10.5. The van der Waals surface area contributed by atoms with Crippen molar-refractivity contribution < 1.29 is 5.11 Å². The molecule has 0 amide bonds. The summed E-state index contributed by atoms with van der Waals surface area (Å²) in [5.74, 6) is 2.82. The number of aliphatic hydroxyl groups excluding tert-OH is 1. The van der Waals surface area contributed by atoms with Gasteiger partial charge in [0.15, 0.2) is 5.13 Å². The molecule has 1 aliphatic heterocycles. The number of aromatic nitrogens is 1. The maximum Gasteiger partial charge on any atom is 0.185 e. The lowest BCUT2D eigenvalue weighted by Crippen LogP contribution is -2.32. The molecule has 1 atom stereocenters. The molecule has 0 aliphatic carbocycles. The Balaban J connectivity index is 2.20. The van der Waals surface area contributed by atoms with E-state index in [4.69, 9.17) is 4.98 Å². The van der Waals surface area contributed by atoms with Crippen molar-refractivity contribution in [3.05, 3.63) is 10.6 Å². The molecule has 1 aromatic heterocycles. The van der Waals surface area contributed by atoms with Gasteiger partial charge in [0.2, 0.25) is 0 Å². The normalized spacial score (nSPS) is 18.4. The third-order valence-electron chi connectivity index (χ3n) is 3.22. The molecule has 0 spiro atoms. The second kappa shape index (κ2) is 6.07. The van der Waals surface area contributed by atoms with Gasteiger partial charge in [-0.25, -0.2) is 4.98 Å². The highest BCUT2D eigenvalue weighted by Gasteiger charge is 2.20. The maximum absolute atomic E-state index is 9.42. The Bertz CT molecular complexity index is 361. The third kappa shape index (κ3) is 2.95. The topological polar surface area (TPSA) is 36.4 Å². The highest BCUT2D eigenvalue weighted by atomic mass is 32.2. The van der Waals surface area contributed by atoms with Crippen LogP contribution < -0.4 is 4.90 Å². The zero-order valence-corrected chi connectivity index (χ0v) is 12.1. The van der Waals surface area contributed by atoms with Crippen LogP contribution in [0.25, 0.3) is 0 Å². The van der Waals surface area contributed by atoms with E-state index in [0.717, 1.165) is 35.2 Å². The number of aliphatic hydroxyl groups is 1. The third-order valence-corrected chi connectivity index (χ3v) is 5.28. The van der Waals surface area contributed by atoms with Crippen molar-refractivity contribution in [3.63, 3.8) is 0 Å². The summed E-state index contributed by atoms with van der Waals surface area (Å²) in [6.45, 7) is 6.65. The van der Waals surface area contributed by atoms with Crippen molar-refractivity contribution in [3.8, 4) is 0 Å². The van der Waals surface area contributed by atoms with Crippen molar-refractivity contribution in [1.82, 2.24) is 4.98 Å². The SMILES string of the molecule is CCC(C)c1nc(N2CCSCC2)sc1CO. The molecule has 1 unspecified atom stereocenters. The van der Waals surface area contributed by atoms with Crippen molar-refractivity contribution in [2.45, 2.75) is 32.8 Å². The van der Waals surface area contributed by atoms with Gasteiger partial charge in [-0.3, -0.25) is 0 Å². The van der Waals surface area contributed by atoms with Crippen LogP contribution in [0.4, 0.5) is 5.13 Å². The molecule has 1 aromatic rings. The lowest BCUT2D eigenvalue weighted by molar-refractivity contribution is 0.283. The van der Waals surface area contributed by atoms with Crippen LogP contribution in [0.5, 0.6) is 0 Å². The molecule has 96 valence electrons. The van der Waals surface area contributed by atoms with Gasteiger partial charge in [0.25, 0.3) is 0 Å². The first-order chi connectivity index (χ1) is 8.26. The average Bonchev–Trinajstić information content (AvgIpc) is 2.83. The lowest BCUT2D eigenvalue weighted by atomic mass is 10.0. The van der Waals surface area contributed by atoms with Crippen molar-refractivity contribution >= 4 is 28.2 Å². The molecule has 17 heavy (non-hydrogen) atoms. The fourth-order valence-electron chi connectivity index (χ4n) is 1.93. The van der Waals surface area contributed by atoms with Gasteiger partial charge in [-0.05, 0) is 12.3 Å². The van der Waals surface area contributed by atoms with Crippen LogP contribution in [0.3, 0.4) is 0 Å². The zero-order chi connectivity index (χ0) is 12.3. The van der Waals surface area contributed by atoms with Gasteiger partial charge in [0.1, 0.15) is 0 Å². The Morgan fingerprint density at radius 3 is 2.71 bits per heavy atom. The Morgan fingerprint density at radius 1 is 1.41 bits per heavy atom. The van der Waals surface area contributed by atoms with Crippen LogP contribution in [0, 0.1) is 0 Å². The predicted octanol–water partition coefficient (Wildman–Crippen LogP) is 2.70. The Kier molecular flexibility index (Phi) is 4.70.